The quantitative estimate of drug-likeness (QED) is 0.382. The molecular weight excluding hydrogens is 476 g/mol. The van der Waals surface area contributed by atoms with Gasteiger partial charge in [0.1, 0.15) is 5.82 Å². The number of nitrogens with zero attached hydrogens (tertiary/aromatic N) is 4. The van der Waals surface area contributed by atoms with Gasteiger partial charge in [-0.15, -0.1) is 0 Å². The van der Waals surface area contributed by atoms with Crippen molar-refractivity contribution in [2.45, 2.75) is 44.1 Å². The number of aromatic amines is 1. The maximum absolute atomic E-state index is 13.1. The smallest absolute Gasteiger partial charge is 0.256 e. The molecule has 2 aliphatic heterocycles. The number of benzene rings is 1. The third-order valence-corrected chi connectivity index (χ3v) is 7.52. The van der Waals surface area contributed by atoms with Crippen LogP contribution in [0.5, 0.6) is 0 Å². The van der Waals surface area contributed by atoms with Crippen molar-refractivity contribution in [2.75, 3.05) is 26.3 Å². The molecular formula is C27H31ClN6O2. The number of pyridine rings is 1. The van der Waals surface area contributed by atoms with E-state index in [9.17, 15) is 4.79 Å². The molecule has 0 saturated carbocycles. The zero-order chi connectivity index (χ0) is 24.9. The van der Waals surface area contributed by atoms with Crippen molar-refractivity contribution in [1.29, 1.82) is 0 Å². The molecule has 2 aromatic heterocycles. The first-order valence-electron chi connectivity index (χ1n) is 12.5. The van der Waals surface area contributed by atoms with Crippen LogP contribution in [0.3, 0.4) is 0 Å². The van der Waals surface area contributed by atoms with Gasteiger partial charge in [0.15, 0.2) is 5.65 Å². The fourth-order valence-electron chi connectivity index (χ4n) is 5.07. The van der Waals surface area contributed by atoms with Gasteiger partial charge in [0.25, 0.3) is 5.91 Å². The highest BCUT2D eigenvalue weighted by Crippen LogP contribution is 2.34. The van der Waals surface area contributed by atoms with E-state index in [2.05, 4.69) is 21.0 Å². The van der Waals surface area contributed by atoms with Gasteiger partial charge in [-0.2, -0.15) is 0 Å². The SMILES string of the molecule is N/C=C(\C=NCc1ccccc1Cl)C(=O)N1CCC(c2ccnc3nc(C4CCOCC4)[nH]c23)CC1. The van der Waals surface area contributed by atoms with Crippen LogP contribution < -0.4 is 5.73 Å². The van der Waals surface area contributed by atoms with Gasteiger partial charge in [-0.05, 0) is 54.9 Å². The van der Waals surface area contributed by atoms with Crippen LogP contribution >= 0.6 is 11.6 Å². The number of carbonyl (C=O) groups is 1. The second kappa shape index (κ2) is 11.2. The van der Waals surface area contributed by atoms with Crippen molar-refractivity contribution < 1.29 is 9.53 Å². The predicted molar refractivity (Wildman–Crippen MR) is 141 cm³/mol. The molecule has 0 atom stereocenters. The molecule has 0 radical (unpaired) electrons. The zero-order valence-corrected chi connectivity index (χ0v) is 21.0. The summed E-state index contributed by atoms with van der Waals surface area (Å²) >= 11 is 6.20. The minimum atomic E-state index is -0.0953. The Kier molecular flexibility index (Phi) is 7.63. The highest BCUT2D eigenvalue weighted by molar-refractivity contribution is 6.31. The van der Waals surface area contributed by atoms with Crippen LogP contribution in [0.1, 0.15) is 54.5 Å². The zero-order valence-electron chi connectivity index (χ0n) is 20.2. The van der Waals surface area contributed by atoms with Crippen molar-refractivity contribution in [3.63, 3.8) is 0 Å². The van der Waals surface area contributed by atoms with E-state index in [1.165, 1.54) is 11.8 Å². The number of aliphatic imine (C=N–C) groups is 1. The largest absolute Gasteiger partial charge is 0.404 e. The van der Waals surface area contributed by atoms with Crippen LogP contribution in [0.4, 0.5) is 0 Å². The minimum Gasteiger partial charge on any atom is -0.404 e. The average Bonchev–Trinajstić information content (AvgIpc) is 3.37. The van der Waals surface area contributed by atoms with Crippen molar-refractivity contribution in [1.82, 2.24) is 19.9 Å². The number of hydrogen-bond acceptors (Lipinski definition) is 6. The van der Waals surface area contributed by atoms with E-state index in [0.717, 1.165) is 61.4 Å². The summed E-state index contributed by atoms with van der Waals surface area (Å²) in [5.41, 5.74) is 10.1. The molecule has 9 heteroatoms. The van der Waals surface area contributed by atoms with Crippen molar-refractivity contribution in [3.8, 4) is 0 Å². The van der Waals surface area contributed by atoms with Gasteiger partial charge in [-0.3, -0.25) is 9.79 Å². The molecule has 3 N–H and O–H groups in total. The Morgan fingerprint density at radius 3 is 2.69 bits per heavy atom. The number of amides is 1. The Morgan fingerprint density at radius 2 is 1.94 bits per heavy atom. The number of likely N-dealkylation sites (tertiary alicyclic amines) is 1. The van der Waals surface area contributed by atoms with Gasteiger partial charge in [0.05, 0.1) is 17.6 Å². The molecule has 2 fully saturated rings. The number of nitrogens with one attached hydrogen (secondary N) is 1. The second-order valence-corrected chi connectivity index (χ2v) is 9.76. The number of aromatic nitrogens is 3. The molecule has 3 aromatic rings. The topological polar surface area (TPSA) is 109 Å². The molecule has 0 aliphatic carbocycles. The number of H-pyrrole nitrogens is 1. The molecule has 4 heterocycles. The molecule has 2 saturated heterocycles. The lowest BCUT2D eigenvalue weighted by molar-refractivity contribution is -0.127. The van der Waals surface area contributed by atoms with E-state index in [0.29, 0.717) is 42.1 Å². The Bertz CT molecular complexity index is 1270. The first kappa shape index (κ1) is 24.5. The molecule has 0 bridgehead atoms. The van der Waals surface area contributed by atoms with Crippen LogP contribution in [-0.4, -0.2) is 58.3 Å². The second-order valence-electron chi connectivity index (χ2n) is 9.36. The van der Waals surface area contributed by atoms with Crippen molar-refractivity contribution in [2.24, 2.45) is 10.7 Å². The standard InChI is InChI=1S/C27H31ClN6O2/c28-23-4-2-1-3-20(23)16-30-17-21(15-29)27(35)34-11-6-18(7-12-34)22-5-10-31-26-24(22)32-25(33-26)19-8-13-36-14-9-19/h1-5,10,15,17-19H,6-9,11-14,16,29H2,(H,31,32,33)/b21-15+,30-17?. The summed E-state index contributed by atoms with van der Waals surface area (Å²) in [6.45, 7) is 3.26. The van der Waals surface area contributed by atoms with E-state index in [4.69, 9.17) is 27.1 Å². The molecule has 2 aliphatic rings. The van der Waals surface area contributed by atoms with E-state index in [-0.39, 0.29) is 5.91 Å². The molecule has 0 unspecified atom stereocenters. The maximum Gasteiger partial charge on any atom is 0.256 e. The van der Waals surface area contributed by atoms with Crippen molar-refractivity contribution >= 4 is 34.9 Å². The summed E-state index contributed by atoms with van der Waals surface area (Å²) < 4.78 is 5.50. The highest BCUT2D eigenvalue weighted by atomic mass is 35.5. The van der Waals surface area contributed by atoms with E-state index >= 15 is 0 Å². The van der Waals surface area contributed by atoms with Crippen molar-refractivity contribution in [3.05, 3.63) is 70.3 Å². The van der Waals surface area contributed by atoms with Crippen LogP contribution in [0.2, 0.25) is 5.02 Å². The van der Waals surface area contributed by atoms with Gasteiger partial charge in [0.2, 0.25) is 0 Å². The predicted octanol–water partition coefficient (Wildman–Crippen LogP) is 4.32. The van der Waals surface area contributed by atoms with E-state index in [1.807, 2.05) is 35.4 Å². The molecule has 1 aromatic carbocycles. The third-order valence-electron chi connectivity index (χ3n) is 7.15. The van der Waals surface area contributed by atoms with Crippen LogP contribution in [-0.2, 0) is 16.1 Å². The fraction of sp³-hybridized carbons (Fsp3) is 0.407. The Hall–Kier alpha value is -3.23. The molecule has 5 rings (SSSR count). The van der Waals surface area contributed by atoms with Crippen LogP contribution in [0, 0.1) is 0 Å². The summed E-state index contributed by atoms with van der Waals surface area (Å²) in [6.07, 6.45) is 8.42. The number of carbonyl (C=O) groups excluding carboxylic acids is 1. The summed E-state index contributed by atoms with van der Waals surface area (Å²) in [5, 5.41) is 0.656. The normalized spacial score (nSPS) is 18.4. The lowest BCUT2D eigenvalue weighted by Gasteiger charge is -2.32. The molecule has 0 spiro atoms. The Labute approximate surface area is 215 Å². The lowest BCUT2D eigenvalue weighted by Crippen LogP contribution is -2.39. The number of rotatable bonds is 6. The van der Waals surface area contributed by atoms with Gasteiger partial charge < -0.3 is 20.4 Å². The lowest BCUT2D eigenvalue weighted by atomic mass is 9.89. The summed E-state index contributed by atoms with van der Waals surface area (Å²) in [7, 11) is 0. The molecule has 1 amide bonds. The monoisotopic (exact) mass is 506 g/mol. The molecule has 188 valence electrons. The number of halogens is 1. The fourth-order valence-corrected chi connectivity index (χ4v) is 5.26. The first-order chi connectivity index (χ1) is 17.6. The number of fused-ring (bicyclic) bond motifs is 1. The number of imidazole rings is 1. The van der Waals surface area contributed by atoms with Crippen LogP contribution in [0.25, 0.3) is 11.2 Å². The molecule has 8 nitrogen and oxygen atoms in total. The Morgan fingerprint density at radius 1 is 1.17 bits per heavy atom. The van der Waals surface area contributed by atoms with Crippen LogP contribution in [0.15, 0.2) is 53.3 Å². The van der Waals surface area contributed by atoms with E-state index in [1.54, 1.807) is 6.21 Å². The molecule has 36 heavy (non-hydrogen) atoms. The number of hydrogen-bond donors (Lipinski definition) is 2. The minimum absolute atomic E-state index is 0.0953. The summed E-state index contributed by atoms with van der Waals surface area (Å²) in [4.78, 5) is 32.2. The average molecular weight is 507 g/mol. The summed E-state index contributed by atoms with van der Waals surface area (Å²) in [6, 6.07) is 9.62. The number of piperidine rings is 1. The van der Waals surface area contributed by atoms with Gasteiger partial charge in [-0.1, -0.05) is 29.8 Å². The van der Waals surface area contributed by atoms with Gasteiger partial charge in [0, 0.05) is 55.9 Å². The third kappa shape index (κ3) is 5.29. The first-order valence-corrected chi connectivity index (χ1v) is 12.9. The maximum atomic E-state index is 13.1. The Balaban J connectivity index is 1.22. The van der Waals surface area contributed by atoms with E-state index < -0.39 is 0 Å². The number of ether oxygens (including phenoxy) is 1. The summed E-state index contributed by atoms with van der Waals surface area (Å²) in [5.74, 6) is 1.64. The number of nitrogens with two attached hydrogens (primary N) is 1. The highest BCUT2D eigenvalue weighted by Gasteiger charge is 2.28. The van der Waals surface area contributed by atoms with Gasteiger partial charge in [-0.25, -0.2) is 9.97 Å². The van der Waals surface area contributed by atoms with Gasteiger partial charge >= 0.3 is 0 Å².